The molecule has 0 saturated heterocycles. The first-order chi connectivity index (χ1) is 7.23. The van der Waals surface area contributed by atoms with E-state index < -0.39 is 23.8 Å². The van der Waals surface area contributed by atoms with Gasteiger partial charge in [0.05, 0.1) is 5.56 Å². The molecule has 0 aliphatic carbocycles. The number of aliphatic hydroxyl groups is 1. The number of alkyl halides is 3. The molecule has 3 nitrogen and oxygen atoms in total. The molecule has 0 spiro atoms. The molecule has 0 aliphatic rings. The van der Waals surface area contributed by atoms with E-state index in [0.29, 0.717) is 6.07 Å². The van der Waals surface area contributed by atoms with Crippen molar-refractivity contribution in [2.24, 2.45) is 0 Å². The SMILES string of the molecule is O=C(O)[C@@H](O)c1ccc(C(F)(F)F)c(Br)c1. The highest BCUT2D eigenvalue weighted by Gasteiger charge is 2.33. The van der Waals surface area contributed by atoms with Crippen LogP contribution in [0.15, 0.2) is 22.7 Å². The lowest BCUT2D eigenvalue weighted by Crippen LogP contribution is -2.12. The molecule has 1 atom stereocenters. The van der Waals surface area contributed by atoms with E-state index in [1.807, 2.05) is 0 Å². The van der Waals surface area contributed by atoms with Gasteiger partial charge in [-0.05, 0) is 17.7 Å². The fraction of sp³-hybridized carbons (Fsp3) is 0.222. The number of aliphatic carboxylic acids is 1. The van der Waals surface area contributed by atoms with E-state index >= 15 is 0 Å². The van der Waals surface area contributed by atoms with Crippen LogP contribution in [0.2, 0.25) is 0 Å². The molecule has 0 saturated carbocycles. The number of carbonyl (C=O) groups is 1. The predicted molar refractivity (Wildman–Crippen MR) is 51.7 cm³/mol. The van der Waals surface area contributed by atoms with Gasteiger partial charge in [0.15, 0.2) is 6.10 Å². The van der Waals surface area contributed by atoms with Crippen LogP contribution in [0.25, 0.3) is 0 Å². The van der Waals surface area contributed by atoms with Crippen LogP contribution < -0.4 is 0 Å². The van der Waals surface area contributed by atoms with E-state index in [-0.39, 0.29) is 10.0 Å². The third-order valence-corrected chi connectivity index (χ3v) is 2.50. The van der Waals surface area contributed by atoms with Gasteiger partial charge in [0.2, 0.25) is 0 Å². The Kier molecular flexibility index (Phi) is 3.59. The first-order valence-electron chi connectivity index (χ1n) is 4.01. The van der Waals surface area contributed by atoms with Gasteiger partial charge in [-0.2, -0.15) is 13.2 Å². The highest BCUT2D eigenvalue weighted by molar-refractivity contribution is 9.10. The van der Waals surface area contributed by atoms with E-state index in [0.717, 1.165) is 12.1 Å². The van der Waals surface area contributed by atoms with Gasteiger partial charge in [-0.25, -0.2) is 4.79 Å². The highest BCUT2D eigenvalue weighted by Crippen LogP contribution is 2.35. The van der Waals surface area contributed by atoms with Crippen molar-refractivity contribution in [1.29, 1.82) is 0 Å². The Labute approximate surface area is 96.6 Å². The summed E-state index contributed by atoms with van der Waals surface area (Å²) in [6.45, 7) is 0. The summed E-state index contributed by atoms with van der Waals surface area (Å²) in [7, 11) is 0. The number of halogens is 4. The minimum atomic E-state index is -4.52. The molecule has 1 aromatic rings. The molecule has 88 valence electrons. The van der Waals surface area contributed by atoms with Crippen LogP contribution in [-0.4, -0.2) is 16.2 Å². The van der Waals surface area contributed by atoms with Gasteiger partial charge in [0.1, 0.15) is 0 Å². The smallest absolute Gasteiger partial charge is 0.417 e. The van der Waals surface area contributed by atoms with E-state index in [4.69, 9.17) is 10.2 Å². The lowest BCUT2D eigenvalue weighted by atomic mass is 10.1. The van der Waals surface area contributed by atoms with Crippen molar-refractivity contribution in [1.82, 2.24) is 0 Å². The molecule has 0 bridgehead atoms. The molecular formula is C9H6BrF3O3. The number of hydrogen-bond acceptors (Lipinski definition) is 2. The van der Waals surface area contributed by atoms with Crippen LogP contribution in [0, 0.1) is 0 Å². The zero-order chi connectivity index (χ0) is 12.5. The maximum Gasteiger partial charge on any atom is 0.417 e. The summed E-state index contributed by atoms with van der Waals surface area (Å²) in [6.07, 6.45) is -6.36. The molecule has 0 heterocycles. The molecule has 0 unspecified atom stereocenters. The number of benzene rings is 1. The largest absolute Gasteiger partial charge is 0.479 e. The van der Waals surface area contributed by atoms with E-state index in [9.17, 15) is 18.0 Å². The summed E-state index contributed by atoms with van der Waals surface area (Å²) >= 11 is 2.68. The Balaban J connectivity index is 3.14. The van der Waals surface area contributed by atoms with Crippen molar-refractivity contribution < 1.29 is 28.2 Å². The van der Waals surface area contributed by atoms with Crippen LogP contribution in [-0.2, 0) is 11.0 Å². The maximum absolute atomic E-state index is 12.3. The van der Waals surface area contributed by atoms with E-state index in [1.54, 1.807) is 0 Å². The van der Waals surface area contributed by atoms with Gasteiger partial charge >= 0.3 is 12.1 Å². The lowest BCUT2D eigenvalue weighted by molar-refractivity contribution is -0.146. The normalized spacial score (nSPS) is 13.6. The van der Waals surface area contributed by atoms with Crippen LogP contribution in [0.1, 0.15) is 17.2 Å². The standard InChI is InChI=1S/C9H6BrF3O3/c10-6-3-4(7(14)8(15)16)1-2-5(6)9(11,12)13/h1-3,7,14H,(H,15,16)/t7-/m0/s1. The van der Waals surface area contributed by atoms with E-state index in [2.05, 4.69) is 15.9 Å². The Morgan fingerprint density at radius 1 is 1.38 bits per heavy atom. The Morgan fingerprint density at radius 2 is 1.94 bits per heavy atom. The van der Waals surface area contributed by atoms with Crippen LogP contribution in [0.5, 0.6) is 0 Å². The highest BCUT2D eigenvalue weighted by atomic mass is 79.9. The number of carboxylic acid groups (broad SMARTS) is 1. The molecule has 0 amide bonds. The van der Waals surface area contributed by atoms with Crippen molar-refractivity contribution in [3.8, 4) is 0 Å². The molecule has 0 aliphatic heterocycles. The Morgan fingerprint density at radius 3 is 2.31 bits per heavy atom. The summed E-state index contributed by atoms with van der Waals surface area (Å²) in [5, 5.41) is 17.6. The van der Waals surface area contributed by atoms with Crippen LogP contribution in [0.4, 0.5) is 13.2 Å². The maximum atomic E-state index is 12.3. The summed E-state index contributed by atoms with van der Waals surface area (Å²) in [5.74, 6) is -1.52. The number of carboxylic acids is 1. The molecule has 0 fully saturated rings. The molecule has 16 heavy (non-hydrogen) atoms. The number of rotatable bonds is 2. The van der Waals surface area contributed by atoms with Gasteiger partial charge in [0.25, 0.3) is 0 Å². The molecule has 0 radical (unpaired) electrons. The van der Waals surface area contributed by atoms with Gasteiger partial charge in [-0.3, -0.25) is 0 Å². The average Bonchev–Trinajstić information content (AvgIpc) is 2.14. The van der Waals surface area contributed by atoms with E-state index in [1.165, 1.54) is 0 Å². The van der Waals surface area contributed by atoms with Gasteiger partial charge in [0, 0.05) is 4.47 Å². The van der Waals surface area contributed by atoms with Gasteiger partial charge in [-0.1, -0.05) is 22.0 Å². The van der Waals surface area contributed by atoms with Crippen molar-refractivity contribution in [3.05, 3.63) is 33.8 Å². The second-order valence-corrected chi connectivity index (χ2v) is 3.83. The van der Waals surface area contributed by atoms with Crippen molar-refractivity contribution >= 4 is 21.9 Å². The predicted octanol–water partition coefficient (Wildman–Crippen LogP) is 2.59. The zero-order valence-corrected chi connectivity index (χ0v) is 9.21. The average molecular weight is 299 g/mol. The van der Waals surface area contributed by atoms with Crippen molar-refractivity contribution in [3.63, 3.8) is 0 Å². The quantitative estimate of drug-likeness (QED) is 0.882. The monoisotopic (exact) mass is 298 g/mol. The third-order valence-electron chi connectivity index (χ3n) is 1.85. The molecule has 0 aromatic heterocycles. The molecule has 2 N–H and O–H groups in total. The molecule has 7 heteroatoms. The fourth-order valence-electron chi connectivity index (χ4n) is 1.07. The summed E-state index contributed by atoms with van der Waals surface area (Å²) in [4.78, 5) is 10.4. The van der Waals surface area contributed by atoms with Crippen molar-refractivity contribution in [2.75, 3.05) is 0 Å². The number of hydrogen-bond donors (Lipinski definition) is 2. The molecule has 1 rings (SSSR count). The van der Waals surface area contributed by atoms with Gasteiger partial charge < -0.3 is 10.2 Å². The Hall–Kier alpha value is -1.08. The topological polar surface area (TPSA) is 57.5 Å². The summed E-state index contributed by atoms with van der Waals surface area (Å²) < 4.78 is 36.7. The van der Waals surface area contributed by atoms with Crippen molar-refractivity contribution in [2.45, 2.75) is 12.3 Å². The zero-order valence-electron chi connectivity index (χ0n) is 7.62. The minimum absolute atomic E-state index is 0.118. The van der Waals surface area contributed by atoms with Crippen LogP contribution in [0.3, 0.4) is 0 Å². The third kappa shape index (κ3) is 2.73. The summed E-state index contributed by atoms with van der Waals surface area (Å²) in [5.41, 5.74) is -1.04. The van der Waals surface area contributed by atoms with Gasteiger partial charge in [-0.15, -0.1) is 0 Å². The van der Waals surface area contributed by atoms with Crippen LogP contribution >= 0.6 is 15.9 Å². The summed E-state index contributed by atoms with van der Waals surface area (Å²) in [6, 6.07) is 2.57. The fourth-order valence-corrected chi connectivity index (χ4v) is 1.70. The lowest BCUT2D eigenvalue weighted by Gasteiger charge is -2.11. The first kappa shape index (κ1) is 13.0. The second kappa shape index (κ2) is 4.42. The minimum Gasteiger partial charge on any atom is -0.479 e. The first-order valence-corrected chi connectivity index (χ1v) is 4.80. The Bertz CT molecular complexity index is 417. The molecule has 1 aromatic carbocycles. The second-order valence-electron chi connectivity index (χ2n) is 2.98. The molecular weight excluding hydrogens is 293 g/mol. The number of aliphatic hydroxyl groups excluding tert-OH is 1.